The Labute approximate surface area is 133 Å². The van der Waals surface area contributed by atoms with Crippen LogP contribution in [0.15, 0.2) is 12.2 Å². The maximum atomic E-state index is 9.74. The van der Waals surface area contributed by atoms with Gasteiger partial charge in [-0.05, 0) is 25.7 Å². The van der Waals surface area contributed by atoms with Crippen molar-refractivity contribution in [3.63, 3.8) is 0 Å². The first kappa shape index (κ1) is 19.6. The normalized spacial score (nSPS) is 26.8. The fourth-order valence-electron chi connectivity index (χ4n) is 2.57. The van der Waals surface area contributed by atoms with Crippen molar-refractivity contribution in [1.29, 1.82) is 0 Å². The van der Waals surface area contributed by atoms with Gasteiger partial charge in [0.1, 0.15) is 24.4 Å². The van der Waals surface area contributed by atoms with Gasteiger partial charge in [0.15, 0.2) is 0 Å². The van der Waals surface area contributed by atoms with Gasteiger partial charge in [0.05, 0.1) is 13.2 Å². The van der Waals surface area contributed by atoms with E-state index < -0.39 is 24.4 Å². The van der Waals surface area contributed by atoms with Crippen LogP contribution in [0.4, 0.5) is 0 Å². The highest BCUT2D eigenvalue weighted by atomic mass is 16.6. The second-order valence-electron chi connectivity index (χ2n) is 5.91. The molecule has 1 aliphatic heterocycles. The van der Waals surface area contributed by atoms with Crippen molar-refractivity contribution in [2.24, 2.45) is 0 Å². The molecule has 0 saturated carbocycles. The SMILES string of the molecule is CCCCCC/C=C/CCCO[C@H](CO)[C@@H]1OC[C@H](O)[C@@H]1O. The van der Waals surface area contributed by atoms with E-state index in [1.54, 1.807) is 0 Å². The lowest BCUT2D eigenvalue weighted by atomic mass is 10.1. The van der Waals surface area contributed by atoms with Crippen molar-refractivity contribution in [3.05, 3.63) is 12.2 Å². The summed E-state index contributed by atoms with van der Waals surface area (Å²) in [6.07, 6.45) is 9.39. The predicted octanol–water partition coefficient (Wildman–Crippen LogP) is 1.79. The molecule has 0 bridgehead atoms. The average Bonchev–Trinajstić information content (AvgIpc) is 2.85. The highest BCUT2D eigenvalue weighted by molar-refractivity contribution is 4.88. The molecule has 5 nitrogen and oxygen atoms in total. The summed E-state index contributed by atoms with van der Waals surface area (Å²) < 4.78 is 10.8. The Bertz CT molecular complexity index is 295. The van der Waals surface area contributed by atoms with Crippen LogP contribution in [0.25, 0.3) is 0 Å². The van der Waals surface area contributed by atoms with Crippen LogP contribution < -0.4 is 0 Å². The van der Waals surface area contributed by atoms with Crippen LogP contribution in [-0.4, -0.2) is 59.6 Å². The maximum Gasteiger partial charge on any atom is 0.114 e. The molecule has 0 aromatic rings. The highest BCUT2D eigenvalue weighted by Crippen LogP contribution is 2.19. The van der Waals surface area contributed by atoms with Gasteiger partial charge in [-0.25, -0.2) is 0 Å². The monoisotopic (exact) mass is 316 g/mol. The molecule has 4 atom stereocenters. The summed E-state index contributed by atoms with van der Waals surface area (Å²) in [5.74, 6) is 0. The Morgan fingerprint density at radius 1 is 1.14 bits per heavy atom. The van der Waals surface area contributed by atoms with Gasteiger partial charge in [-0.2, -0.15) is 0 Å². The van der Waals surface area contributed by atoms with Crippen LogP contribution in [0.1, 0.15) is 51.9 Å². The molecule has 5 heteroatoms. The van der Waals surface area contributed by atoms with E-state index in [1.807, 2.05) is 0 Å². The molecule has 1 rings (SSSR count). The largest absolute Gasteiger partial charge is 0.394 e. The van der Waals surface area contributed by atoms with Crippen molar-refractivity contribution < 1.29 is 24.8 Å². The summed E-state index contributed by atoms with van der Waals surface area (Å²) in [5.41, 5.74) is 0. The topological polar surface area (TPSA) is 79.2 Å². The summed E-state index contributed by atoms with van der Waals surface area (Å²) in [6.45, 7) is 2.59. The number of rotatable bonds is 12. The number of unbranched alkanes of at least 4 members (excludes halogenated alkanes) is 5. The summed E-state index contributed by atoms with van der Waals surface area (Å²) in [7, 11) is 0. The molecule has 3 N–H and O–H groups in total. The van der Waals surface area contributed by atoms with Crippen LogP contribution in [0.5, 0.6) is 0 Å². The van der Waals surface area contributed by atoms with E-state index in [1.165, 1.54) is 25.7 Å². The molecule has 0 aromatic heterocycles. The molecular weight excluding hydrogens is 284 g/mol. The highest BCUT2D eigenvalue weighted by Gasteiger charge is 2.40. The Balaban J connectivity index is 2.06. The third-order valence-electron chi connectivity index (χ3n) is 3.97. The number of hydrogen-bond acceptors (Lipinski definition) is 5. The zero-order chi connectivity index (χ0) is 16.2. The molecular formula is C17H32O5. The second-order valence-corrected chi connectivity index (χ2v) is 5.91. The van der Waals surface area contributed by atoms with E-state index in [2.05, 4.69) is 19.1 Å². The van der Waals surface area contributed by atoms with Gasteiger partial charge in [-0.1, -0.05) is 38.3 Å². The first-order valence-electron chi connectivity index (χ1n) is 8.55. The summed E-state index contributed by atoms with van der Waals surface area (Å²) in [5, 5.41) is 28.5. The lowest BCUT2D eigenvalue weighted by Crippen LogP contribution is -2.42. The Morgan fingerprint density at radius 2 is 1.86 bits per heavy atom. The minimum Gasteiger partial charge on any atom is -0.394 e. The molecule has 0 aliphatic carbocycles. The maximum absolute atomic E-state index is 9.74. The van der Waals surface area contributed by atoms with Gasteiger partial charge < -0.3 is 24.8 Å². The number of ether oxygens (including phenoxy) is 2. The number of aliphatic hydroxyl groups is 3. The molecule has 0 unspecified atom stereocenters. The van der Waals surface area contributed by atoms with Crippen molar-refractivity contribution in [3.8, 4) is 0 Å². The molecule has 0 aromatic carbocycles. The van der Waals surface area contributed by atoms with Crippen molar-refractivity contribution in [2.45, 2.75) is 76.3 Å². The van der Waals surface area contributed by atoms with E-state index in [0.717, 1.165) is 19.3 Å². The first-order chi connectivity index (χ1) is 10.7. The quantitative estimate of drug-likeness (QED) is 0.378. The van der Waals surface area contributed by atoms with E-state index in [4.69, 9.17) is 9.47 Å². The standard InChI is InChI=1S/C17H32O5/c1-2-3-4-5-6-7-8-9-10-11-21-15(12-18)17-16(20)14(19)13-22-17/h7-8,14-20H,2-6,9-13H2,1H3/b8-7+/t14-,15+,16-,17-/m0/s1. The molecule has 1 saturated heterocycles. The predicted molar refractivity (Wildman–Crippen MR) is 85.7 cm³/mol. The van der Waals surface area contributed by atoms with Gasteiger partial charge in [0.25, 0.3) is 0 Å². The smallest absolute Gasteiger partial charge is 0.114 e. The zero-order valence-corrected chi connectivity index (χ0v) is 13.7. The lowest BCUT2D eigenvalue weighted by molar-refractivity contribution is -0.101. The van der Waals surface area contributed by atoms with E-state index in [0.29, 0.717) is 6.61 Å². The minimum absolute atomic E-state index is 0.0897. The van der Waals surface area contributed by atoms with E-state index >= 15 is 0 Å². The second kappa shape index (κ2) is 12.0. The van der Waals surface area contributed by atoms with Crippen LogP contribution in [0.2, 0.25) is 0 Å². The van der Waals surface area contributed by atoms with Crippen LogP contribution >= 0.6 is 0 Å². The molecule has 22 heavy (non-hydrogen) atoms. The minimum atomic E-state index is -0.986. The average molecular weight is 316 g/mol. The molecule has 1 heterocycles. The van der Waals surface area contributed by atoms with Crippen molar-refractivity contribution in [1.82, 2.24) is 0 Å². The van der Waals surface area contributed by atoms with Crippen LogP contribution in [0, 0.1) is 0 Å². The van der Waals surface area contributed by atoms with Gasteiger partial charge in [-0.15, -0.1) is 0 Å². The van der Waals surface area contributed by atoms with Gasteiger partial charge in [0, 0.05) is 6.61 Å². The van der Waals surface area contributed by atoms with Gasteiger partial charge >= 0.3 is 0 Å². The number of aliphatic hydroxyl groups excluding tert-OH is 3. The Morgan fingerprint density at radius 3 is 2.45 bits per heavy atom. The fraction of sp³-hybridized carbons (Fsp3) is 0.882. The lowest BCUT2D eigenvalue weighted by Gasteiger charge is -2.24. The molecule has 1 aliphatic rings. The third kappa shape index (κ3) is 7.20. The van der Waals surface area contributed by atoms with Crippen molar-refractivity contribution >= 4 is 0 Å². The van der Waals surface area contributed by atoms with Gasteiger partial charge in [-0.3, -0.25) is 0 Å². The fourth-order valence-corrected chi connectivity index (χ4v) is 2.57. The molecule has 0 spiro atoms. The Hall–Kier alpha value is -0.460. The molecule has 0 amide bonds. The molecule has 0 radical (unpaired) electrons. The number of allylic oxidation sites excluding steroid dienone is 2. The van der Waals surface area contributed by atoms with Gasteiger partial charge in [0.2, 0.25) is 0 Å². The van der Waals surface area contributed by atoms with Crippen LogP contribution in [0.3, 0.4) is 0 Å². The number of hydrogen-bond donors (Lipinski definition) is 3. The molecule has 1 fully saturated rings. The Kier molecular flexibility index (Phi) is 10.7. The summed E-state index contributed by atoms with van der Waals surface area (Å²) in [4.78, 5) is 0. The van der Waals surface area contributed by atoms with Crippen molar-refractivity contribution in [2.75, 3.05) is 19.8 Å². The first-order valence-corrected chi connectivity index (χ1v) is 8.55. The zero-order valence-electron chi connectivity index (χ0n) is 13.7. The molecule has 130 valence electrons. The van der Waals surface area contributed by atoms with Crippen LogP contribution in [-0.2, 0) is 9.47 Å². The van der Waals surface area contributed by atoms with E-state index in [9.17, 15) is 15.3 Å². The van der Waals surface area contributed by atoms with E-state index in [-0.39, 0.29) is 13.2 Å². The summed E-state index contributed by atoms with van der Waals surface area (Å²) in [6, 6.07) is 0. The third-order valence-corrected chi connectivity index (χ3v) is 3.97. The summed E-state index contributed by atoms with van der Waals surface area (Å²) >= 11 is 0.